The fraction of sp³-hybridized carbons (Fsp3) is 0.433. The van der Waals surface area contributed by atoms with E-state index in [1.807, 2.05) is 0 Å². The van der Waals surface area contributed by atoms with E-state index in [0.717, 1.165) is 18.6 Å². The van der Waals surface area contributed by atoms with Crippen molar-refractivity contribution in [2.24, 2.45) is 0 Å². The van der Waals surface area contributed by atoms with Crippen LogP contribution < -0.4 is 25.5 Å². The molecule has 6 unspecified atom stereocenters. The van der Waals surface area contributed by atoms with Crippen LogP contribution in [0, 0.1) is 0 Å². The first-order chi connectivity index (χ1) is 34.1. The third-order valence-electron chi connectivity index (χ3n) is 20.1. The predicted octanol–water partition coefficient (Wildman–Crippen LogP) is 14.9. The summed E-state index contributed by atoms with van der Waals surface area (Å²) in [7, 11) is 0. The van der Waals surface area contributed by atoms with E-state index in [9.17, 15) is 0 Å². The Hall–Kier alpha value is -5.68. The minimum Gasteiger partial charge on any atom is -0.483 e. The number of aromatic nitrogens is 1. The van der Waals surface area contributed by atoms with Gasteiger partial charge in [-0.3, -0.25) is 0 Å². The smallest absolute Gasteiger partial charge is 0.226 e. The number of fused-ring (bicyclic) bond motifs is 15. The lowest BCUT2D eigenvalue weighted by Gasteiger charge is -2.55. The second-order valence-electron chi connectivity index (χ2n) is 27.5. The van der Waals surface area contributed by atoms with Gasteiger partial charge in [0.2, 0.25) is 6.71 Å². The molecule has 8 aliphatic rings. The Morgan fingerprint density at radius 3 is 2.12 bits per heavy atom. The lowest BCUT2D eigenvalue weighted by molar-refractivity contribution is 0.175. The van der Waals surface area contributed by atoms with Crippen LogP contribution in [0.25, 0.3) is 33.3 Å². The maximum atomic E-state index is 7.24. The van der Waals surface area contributed by atoms with Gasteiger partial charge in [0.1, 0.15) is 11.9 Å². The first-order valence-corrected chi connectivity index (χ1v) is 27.7. The molecule has 0 spiro atoms. The van der Waals surface area contributed by atoms with Crippen LogP contribution in [-0.4, -0.2) is 35.0 Å². The number of para-hydroxylation sites is 1. The number of benzene rings is 5. The number of rotatable bonds is 2. The second-order valence-corrected chi connectivity index (χ2v) is 27.5. The van der Waals surface area contributed by atoms with Crippen LogP contribution in [0.5, 0.6) is 5.75 Å². The van der Waals surface area contributed by atoms with Crippen LogP contribution in [0.2, 0.25) is 5.82 Å². The van der Waals surface area contributed by atoms with Crippen molar-refractivity contribution in [2.45, 2.75) is 185 Å². The normalized spacial score (nSPS) is 27.0. The number of anilines is 2. The maximum absolute atomic E-state index is 7.24. The topological polar surface area (TPSA) is 20.6 Å². The molecule has 1 aromatic heterocycles. The average Bonchev–Trinajstić information content (AvgIpc) is 4.02. The highest BCUT2D eigenvalue weighted by Gasteiger charge is 2.60. The lowest BCUT2D eigenvalue weighted by atomic mass is 9.29. The number of hydrogen-bond acceptors (Lipinski definition) is 3. The average molecular weight is 948 g/mol. The molecule has 1 fully saturated rings. The summed E-state index contributed by atoms with van der Waals surface area (Å²) in [5.74, 6) is 1.27. The summed E-state index contributed by atoms with van der Waals surface area (Å²) < 4.78 is 10.0. The van der Waals surface area contributed by atoms with Gasteiger partial charge in [0.05, 0.1) is 6.04 Å². The van der Waals surface area contributed by atoms with Crippen molar-refractivity contribution in [3.05, 3.63) is 160 Å². The van der Waals surface area contributed by atoms with Gasteiger partial charge in [-0.25, -0.2) is 0 Å². The van der Waals surface area contributed by atoms with E-state index in [2.05, 4.69) is 220 Å². The summed E-state index contributed by atoms with van der Waals surface area (Å²) in [5.41, 5.74) is 24.1. The molecular formula is C67H74BN3O. The van der Waals surface area contributed by atoms with Crippen molar-refractivity contribution in [3.8, 4) is 22.6 Å². The fourth-order valence-electron chi connectivity index (χ4n) is 16.1. The second kappa shape index (κ2) is 14.3. The first-order valence-electron chi connectivity index (χ1n) is 27.7. The minimum atomic E-state index is -0.197. The Morgan fingerprint density at radius 2 is 1.36 bits per heavy atom. The van der Waals surface area contributed by atoms with Crippen molar-refractivity contribution < 1.29 is 4.74 Å². The largest absolute Gasteiger partial charge is 0.483 e. The van der Waals surface area contributed by atoms with Crippen molar-refractivity contribution in [1.82, 2.24) is 4.57 Å². The van der Waals surface area contributed by atoms with Gasteiger partial charge in [-0.05, 0) is 135 Å². The van der Waals surface area contributed by atoms with Gasteiger partial charge in [0.15, 0.2) is 0 Å². The van der Waals surface area contributed by atoms with Crippen LogP contribution in [0.4, 0.5) is 11.4 Å². The van der Waals surface area contributed by atoms with Crippen LogP contribution in [0.15, 0.2) is 121 Å². The summed E-state index contributed by atoms with van der Waals surface area (Å²) in [4.78, 5) is 5.85. The molecule has 6 atom stereocenters. The molecule has 14 rings (SSSR count). The van der Waals surface area contributed by atoms with E-state index in [4.69, 9.17) is 4.74 Å². The van der Waals surface area contributed by atoms with Crippen LogP contribution >= 0.6 is 0 Å². The van der Waals surface area contributed by atoms with Crippen LogP contribution in [0.3, 0.4) is 0 Å². The molecule has 0 radical (unpaired) electrons. The predicted molar refractivity (Wildman–Crippen MR) is 304 cm³/mol. The molecule has 6 aromatic rings. The highest BCUT2D eigenvalue weighted by molar-refractivity contribution is 6.91. The molecule has 5 heterocycles. The van der Waals surface area contributed by atoms with Crippen molar-refractivity contribution in [1.29, 1.82) is 0 Å². The van der Waals surface area contributed by atoms with Gasteiger partial charge in [-0.1, -0.05) is 175 Å². The standard InChI is InChI=1S/C67H74BN3O/c1-62(2,3)39-27-30-51-48(34-39)66(12)31-18-19-32-67(66,13)71(51)42-28-29-49-53(38-42)69(52-25-20-23-44-43-21-15-17-26-56(43)72-60(44)52)54-36-41(64(7,8)9)37-55-58(54)68(49)50-35-40(63(4,5)6)33-46-57-45-22-14-16-24-47(45)65(10,11)61(57)70(55)59(46)50/h14-17,20-27,30,33-38,42,49,52,60H,18-19,28-29,31-32H2,1-13H3. The Labute approximate surface area is 430 Å². The Kier molecular flexibility index (Phi) is 8.95. The van der Waals surface area contributed by atoms with Gasteiger partial charge in [-0.15, -0.1) is 0 Å². The van der Waals surface area contributed by atoms with Gasteiger partial charge in [0, 0.05) is 78.5 Å². The van der Waals surface area contributed by atoms with Gasteiger partial charge in [-0.2, -0.15) is 0 Å². The third kappa shape index (κ3) is 5.72. The van der Waals surface area contributed by atoms with E-state index in [0.29, 0.717) is 0 Å². The zero-order chi connectivity index (χ0) is 50.0. The molecule has 5 aromatic carbocycles. The molecule has 0 saturated heterocycles. The van der Waals surface area contributed by atoms with Gasteiger partial charge >= 0.3 is 0 Å². The van der Waals surface area contributed by atoms with Crippen molar-refractivity contribution in [2.75, 3.05) is 9.80 Å². The van der Waals surface area contributed by atoms with Crippen LogP contribution in [-0.2, 0) is 27.1 Å². The summed E-state index contributed by atoms with van der Waals surface area (Å²) >= 11 is 0. The molecule has 4 aliphatic heterocycles. The molecule has 0 N–H and O–H groups in total. The molecule has 72 heavy (non-hydrogen) atoms. The van der Waals surface area contributed by atoms with Crippen LogP contribution in [0.1, 0.15) is 168 Å². The van der Waals surface area contributed by atoms with E-state index in [1.54, 1.807) is 5.56 Å². The molecular weight excluding hydrogens is 874 g/mol. The summed E-state index contributed by atoms with van der Waals surface area (Å²) in [6.07, 6.45) is 17.1. The Bertz CT molecular complexity index is 3470. The highest BCUT2D eigenvalue weighted by atomic mass is 16.5. The zero-order valence-corrected chi connectivity index (χ0v) is 45.3. The number of hydrogen-bond donors (Lipinski definition) is 0. The van der Waals surface area contributed by atoms with Crippen molar-refractivity contribution in [3.63, 3.8) is 0 Å². The monoisotopic (exact) mass is 948 g/mol. The Balaban J connectivity index is 1.06. The molecule has 5 heteroatoms. The van der Waals surface area contributed by atoms with E-state index >= 15 is 0 Å². The molecule has 0 bridgehead atoms. The van der Waals surface area contributed by atoms with Gasteiger partial charge < -0.3 is 19.1 Å². The number of ether oxygens (including phenoxy) is 1. The molecule has 1 saturated carbocycles. The Morgan fingerprint density at radius 1 is 0.667 bits per heavy atom. The highest BCUT2D eigenvalue weighted by Crippen LogP contribution is 2.62. The maximum Gasteiger partial charge on any atom is 0.226 e. The van der Waals surface area contributed by atoms with E-state index in [-0.39, 0.29) is 63.3 Å². The quantitative estimate of drug-likeness (QED) is 0.161. The molecule has 366 valence electrons. The SMILES string of the molecule is CC(C)(C)c1cc2c3c(c1)-n1c4c(c5cc(C(C)(C)C)cc(c51)B3C1CCC(N3c5ccc(C(C)(C)C)cc5C5(C)CCCCC35C)C=C1N2C1C=CC=C2c3ccccc3OC21)-c1ccccc1C4(C)C. The summed E-state index contributed by atoms with van der Waals surface area (Å²) in [6, 6.07) is 36.5. The number of allylic oxidation sites excluding steroid dienone is 3. The van der Waals surface area contributed by atoms with E-state index < -0.39 is 0 Å². The summed E-state index contributed by atoms with van der Waals surface area (Å²) in [5, 5.41) is 1.43. The van der Waals surface area contributed by atoms with Crippen molar-refractivity contribution >= 4 is 45.5 Å². The van der Waals surface area contributed by atoms with E-state index in [1.165, 1.54) is 120 Å². The number of nitrogens with zero attached hydrogens (tertiary/aromatic N) is 3. The lowest BCUT2D eigenvalue weighted by Crippen LogP contribution is -2.63. The fourth-order valence-corrected chi connectivity index (χ4v) is 16.1. The zero-order valence-electron chi connectivity index (χ0n) is 45.3. The molecule has 4 nitrogen and oxygen atoms in total. The summed E-state index contributed by atoms with van der Waals surface area (Å²) in [6.45, 7) is 32.1. The third-order valence-corrected chi connectivity index (χ3v) is 20.1. The van der Waals surface area contributed by atoms with Gasteiger partial charge in [0.25, 0.3) is 0 Å². The molecule has 4 aliphatic carbocycles. The minimum absolute atomic E-state index is 0.00200. The molecule has 0 amide bonds. The first kappa shape index (κ1) is 45.0.